The maximum absolute atomic E-state index is 13.1. The highest BCUT2D eigenvalue weighted by atomic mass is 32.2. The largest absolute Gasteiger partial charge is 0.479 e. The summed E-state index contributed by atoms with van der Waals surface area (Å²) in [6, 6.07) is -0.835. The van der Waals surface area contributed by atoms with Crippen LogP contribution in [-0.2, 0) is 29.1 Å². The number of nitrogens with one attached hydrogen (secondary N) is 2. The van der Waals surface area contributed by atoms with E-state index in [-0.39, 0.29) is 12.5 Å². The Kier molecular flexibility index (Phi) is 12.4. The number of hydrogen-bond donors (Lipinski definition) is 3. The molecule has 1 saturated heterocycles. The normalized spacial score (nSPS) is 23.3. The van der Waals surface area contributed by atoms with Crippen molar-refractivity contribution in [3.63, 3.8) is 0 Å². The summed E-state index contributed by atoms with van der Waals surface area (Å²) in [5.41, 5.74) is -1.96. The smallest absolute Gasteiger partial charge is 0.407 e. The summed E-state index contributed by atoms with van der Waals surface area (Å²) < 4.78 is 31.7. The molecule has 1 aliphatic heterocycles. The number of likely N-dealkylation sites (tertiary alicyclic amines) is 1. The monoisotopic (exact) mass is 614 g/mol. The number of ether oxygens (including phenoxy) is 1. The first-order valence-corrected chi connectivity index (χ1v) is 16.4. The standard InChI is InChI=1S/C29H50N4O8S/c1-8-9-10-11-12-14-21-17-29(21,26(36)37)31-25(35)22-15-13-16-33(22)24(34)18-30-27(38)41-23(28(4,5)6)19-32(7)42(39,40)20(2)3/h12,14,20-23H,8-11,13,15-19H2,1-7H3,(H,30,38)(H,31,35)(H,36,37)/b14-12-/t21?,22-,23?,29+/m0/s1. The second-order valence-corrected chi connectivity index (χ2v) is 15.3. The summed E-state index contributed by atoms with van der Waals surface area (Å²) >= 11 is 0. The molecule has 1 heterocycles. The lowest BCUT2D eigenvalue weighted by molar-refractivity contribution is -0.145. The molecule has 0 aromatic heterocycles. The number of alkyl carbamates (subject to hydrolysis) is 1. The van der Waals surface area contributed by atoms with Gasteiger partial charge in [0.15, 0.2) is 0 Å². The summed E-state index contributed by atoms with van der Waals surface area (Å²) in [6.07, 6.45) is 7.50. The Morgan fingerprint density at radius 2 is 1.86 bits per heavy atom. The number of allylic oxidation sites excluding steroid dienone is 1. The molecule has 0 spiro atoms. The molecule has 4 atom stereocenters. The van der Waals surface area contributed by atoms with Crippen molar-refractivity contribution in [2.24, 2.45) is 11.3 Å². The van der Waals surface area contributed by atoms with E-state index in [0.717, 1.165) is 30.0 Å². The van der Waals surface area contributed by atoms with Crippen molar-refractivity contribution in [2.75, 3.05) is 26.7 Å². The zero-order chi connectivity index (χ0) is 31.9. The maximum atomic E-state index is 13.1. The van der Waals surface area contributed by atoms with E-state index in [2.05, 4.69) is 17.6 Å². The average Bonchev–Trinajstić information content (AvgIpc) is 3.36. The lowest BCUT2D eigenvalue weighted by atomic mass is 9.89. The zero-order valence-corrected chi connectivity index (χ0v) is 27.0. The summed E-state index contributed by atoms with van der Waals surface area (Å²) in [5.74, 6) is -2.41. The minimum absolute atomic E-state index is 0.0556. The Morgan fingerprint density at radius 3 is 2.43 bits per heavy atom. The molecule has 1 aliphatic carbocycles. The molecular weight excluding hydrogens is 564 g/mol. The highest BCUT2D eigenvalue weighted by Crippen LogP contribution is 2.45. The molecule has 12 nitrogen and oxygen atoms in total. The Balaban J connectivity index is 1.96. The number of likely N-dealkylation sites (N-methyl/N-ethyl adjacent to an activating group) is 1. The first-order chi connectivity index (χ1) is 19.5. The van der Waals surface area contributed by atoms with E-state index in [1.165, 1.54) is 11.9 Å². The number of hydrogen-bond acceptors (Lipinski definition) is 7. The van der Waals surface area contributed by atoms with Gasteiger partial charge in [0.05, 0.1) is 11.8 Å². The molecule has 3 N–H and O–H groups in total. The average molecular weight is 615 g/mol. The summed E-state index contributed by atoms with van der Waals surface area (Å²) in [7, 11) is -2.13. The zero-order valence-electron chi connectivity index (χ0n) is 26.1. The fraction of sp³-hybridized carbons (Fsp3) is 0.793. The molecule has 2 unspecified atom stereocenters. The van der Waals surface area contributed by atoms with E-state index in [1.807, 2.05) is 32.9 Å². The van der Waals surface area contributed by atoms with Crippen molar-refractivity contribution >= 4 is 33.9 Å². The van der Waals surface area contributed by atoms with Crippen LogP contribution in [0.3, 0.4) is 0 Å². The van der Waals surface area contributed by atoms with Crippen molar-refractivity contribution in [3.8, 4) is 0 Å². The van der Waals surface area contributed by atoms with Gasteiger partial charge in [-0.05, 0) is 46.0 Å². The van der Waals surface area contributed by atoms with E-state index in [9.17, 15) is 32.7 Å². The molecule has 13 heteroatoms. The van der Waals surface area contributed by atoms with Crippen molar-refractivity contribution < 1.29 is 37.4 Å². The number of unbranched alkanes of at least 4 members (excludes halogenated alkanes) is 3. The molecule has 0 aromatic carbocycles. The van der Waals surface area contributed by atoms with E-state index in [4.69, 9.17) is 4.74 Å². The van der Waals surface area contributed by atoms with E-state index < -0.39 is 68.8 Å². The van der Waals surface area contributed by atoms with Gasteiger partial charge in [-0.15, -0.1) is 0 Å². The van der Waals surface area contributed by atoms with Crippen LogP contribution in [0.2, 0.25) is 0 Å². The number of carbonyl (C=O) groups excluding carboxylic acids is 3. The summed E-state index contributed by atoms with van der Waals surface area (Å²) in [5, 5.41) is 14.3. The van der Waals surface area contributed by atoms with Crippen LogP contribution < -0.4 is 10.6 Å². The van der Waals surface area contributed by atoms with Gasteiger partial charge < -0.3 is 25.4 Å². The topological polar surface area (TPSA) is 162 Å². The van der Waals surface area contributed by atoms with Gasteiger partial charge >= 0.3 is 12.1 Å². The second kappa shape index (κ2) is 14.7. The molecule has 0 aromatic rings. The highest BCUT2D eigenvalue weighted by Gasteiger charge is 2.61. The van der Waals surface area contributed by atoms with Crippen LogP contribution in [0.5, 0.6) is 0 Å². The third-order valence-electron chi connectivity index (χ3n) is 8.01. The third-order valence-corrected chi connectivity index (χ3v) is 10.2. The van der Waals surface area contributed by atoms with Gasteiger partial charge in [-0.2, -0.15) is 0 Å². The van der Waals surface area contributed by atoms with Crippen LogP contribution in [0.1, 0.15) is 86.5 Å². The molecular formula is C29H50N4O8S. The van der Waals surface area contributed by atoms with Gasteiger partial charge in [0.1, 0.15) is 24.2 Å². The van der Waals surface area contributed by atoms with Crippen molar-refractivity contribution in [1.29, 1.82) is 0 Å². The Bertz CT molecular complexity index is 1120. The predicted molar refractivity (Wildman–Crippen MR) is 159 cm³/mol. The second-order valence-electron chi connectivity index (χ2n) is 12.7. The molecule has 2 aliphatic rings. The first-order valence-electron chi connectivity index (χ1n) is 14.9. The minimum Gasteiger partial charge on any atom is -0.479 e. The van der Waals surface area contributed by atoms with Crippen LogP contribution in [-0.4, -0.2) is 96.2 Å². The van der Waals surface area contributed by atoms with Crippen LogP contribution in [0.25, 0.3) is 0 Å². The quantitative estimate of drug-likeness (QED) is 0.187. The highest BCUT2D eigenvalue weighted by molar-refractivity contribution is 7.89. The summed E-state index contributed by atoms with van der Waals surface area (Å²) in [6.45, 7) is 10.5. The molecule has 0 radical (unpaired) electrons. The van der Waals surface area contributed by atoms with Crippen molar-refractivity contribution in [2.45, 2.75) is 109 Å². The van der Waals surface area contributed by atoms with Crippen LogP contribution in [0, 0.1) is 11.3 Å². The molecule has 0 bridgehead atoms. The fourth-order valence-electron chi connectivity index (χ4n) is 4.98. The van der Waals surface area contributed by atoms with Gasteiger partial charge in [0.25, 0.3) is 0 Å². The predicted octanol–water partition coefficient (Wildman–Crippen LogP) is 2.88. The van der Waals surface area contributed by atoms with Crippen LogP contribution in [0.4, 0.5) is 4.79 Å². The fourth-order valence-corrected chi connectivity index (χ4v) is 6.05. The maximum Gasteiger partial charge on any atom is 0.407 e. The molecule has 42 heavy (non-hydrogen) atoms. The molecule has 1 saturated carbocycles. The minimum atomic E-state index is -3.56. The first kappa shape index (κ1) is 35.5. The van der Waals surface area contributed by atoms with Crippen LogP contribution >= 0.6 is 0 Å². The van der Waals surface area contributed by atoms with Gasteiger partial charge in [-0.1, -0.05) is 52.7 Å². The number of sulfonamides is 1. The number of carboxylic acid groups (broad SMARTS) is 1. The number of nitrogens with zero attached hydrogens (tertiary/aromatic N) is 2. The molecule has 240 valence electrons. The Labute approximate surface area is 250 Å². The lowest BCUT2D eigenvalue weighted by Crippen LogP contribution is -2.54. The Morgan fingerprint density at radius 1 is 1.19 bits per heavy atom. The molecule has 3 amide bonds. The lowest BCUT2D eigenvalue weighted by Gasteiger charge is -2.33. The Hall–Kier alpha value is -2.67. The van der Waals surface area contributed by atoms with Crippen molar-refractivity contribution in [3.05, 3.63) is 12.2 Å². The molecule has 2 rings (SSSR count). The number of aliphatic carboxylic acids is 1. The van der Waals surface area contributed by atoms with E-state index >= 15 is 0 Å². The van der Waals surface area contributed by atoms with Gasteiger partial charge in [0.2, 0.25) is 21.8 Å². The molecule has 2 fully saturated rings. The third kappa shape index (κ3) is 9.16. The van der Waals surface area contributed by atoms with Gasteiger partial charge in [0, 0.05) is 24.9 Å². The van der Waals surface area contributed by atoms with Gasteiger partial charge in [-0.25, -0.2) is 22.3 Å². The number of carboxylic acids is 1. The number of carbonyl (C=O) groups is 4. The van der Waals surface area contributed by atoms with E-state index in [0.29, 0.717) is 25.8 Å². The SMILES string of the molecule is CCCCC/C=C\C1C[C@]1(NC(=O)[C@@H]1CCCN1C(=O)CNC(=O)OC(CN(C)S(=O)(=O)C(C)C)C(C)(C)C)C(=O)O. The van der Waals surface area contributed by atoms with Crippen molar-refractivity contribution in [1.82, 2.24) is 19.8 Å². The summed E-state index contributed by atoms with van der Waals surface area (Å²) in [4.78, 5) is 52.2. The van der Waals surface area contributed by atoms with E-state index in [1.54, 1.807) is 13.8 Å². The number of rotatable bonds is 15. The van der Waals surface area contributed by atoms with Gasteiger partial charge in [-0.3, -0.25) is 9.59 Å². The number of amides is 3. The van der Waals surface area contributed by atoms with Crippen LogP contribution in [0.15, 0.2) is 12.2 Å².